The first-order valence-electron chi connectivity index (χ1n) is 6.82. The molecule has 106 valence electrons. The summed E-state index contributed by atoms with van der Waals surface area (Å²) in [7, 11) is 0. The Hall–Kier alpha value is -2.00. The number of aryl methyl sites for hydroxylation is 3. The topological polar surface area (TPSA) is 58.3 Å². The number of hydrogen-bond donors (Lipinski definition) is 3. The molecule has 20 heavy (non-hydrogen) atoms. The lowest BCUT2D eigenvalue weighted by Crippen LogP contribution is -2.13. The summed E-state index contributed by atoms with van der Waals surface area (Å²) < 4.78 is 0. The molecule has 0 heterocycles. The summed E-state index contributed by atoms with van der Waals surface area (Å²) in [4.78, 5) is 0. The highest BCUT2D eigenvalue weighted by molar-refractivity contribution is 5.53. The Morgan fingerprint density at radius 3 is 2.45 bits per heavy atom. The monoisotopic (exact) mass is 270 g/mol. The van der Waals surface area contributed by atoms with Crippen molar-refractivity contribution in [3.8, 4) is 0 Å². The van der Waals surface area contributed by atoms with Crippen molar-refractivity contribution in [1.82, 2.24) is 0 Å². The second-order valence-electron chi connectivity index (χ2n) is 5.33. The van der Waals surface area contributed by atoms with Crippen molar-refractivity contribution < 1.29 is 5.11 Å². The molecule has 0 aromatic heterocycles. The average Bonchev–Trinajstić information content (AvgIpc) is 2.42. The Labute approximate surface area is 120 Å². The smallest absolute Gasteiger partial charge is 0.0963 e. The Morgan fingerprint density at radius 2 is 1.75 bits per heavy atom. The van der Waals surface area contributed by atoms with Crippen LogP contribution in [-0.4, -0.2) is 11.7 Å². The maximum atomic E-state index is 10.2. The molecule has 2 rings (SSSR count). The van der Waals surface area contributed by atoms with Gasteiger partial charge in [0.1, 0.15) is 0 Å². The van der Waals surface area contributed by atoms with Crippen LogP contribution in [0.25, 0.3) is 0 Å². The zero-order valence-electron chi connectivity index (χ0n) is 12.3. The lowest BCUT2D eigenvalue weighted by molar-refractivity contribution is 0.191. The number of aliphatic hydroxyl groups excluding tert-OH is 1. The fraction of sp³-hybridized carbons (Fsp3) is 0.294. The molecule has 0 bridgehead atoms. The standard InChI is InChI=1S/C17H22N2O/c1-11-4-5-13(3)16(8-11)19-10-17(20)14-7-6-12(2)15(18)9-14/h4-9,17,19-20H,10,18H2,1-3H3. The lowest BCUT2D eigenvalue weighted by Gasteiger charge is -2.16. The molecule has 0 saturated heterocycles. The lowest BCUT2D eigenvalue weighted by atomic mass is 10.1. The number of nitrogens with one attached hydrogen (secondary N) is 1. The number of anilines is 2. The molecule has 2 aromatic carbocycles. The van der Waals surface area contributed by atoms with E-state index in [2.05, 4.69) is 37.4 Å². The summed E-state index contributed by atoms with van der Waals surface area (Å²) in [5, 5.41) is 13.5. The zero-order chi connectivity index (χ0) is 14.7. The number of rotatable bonds is 4. The maximum Gasteiger partial charge on any atom is 0.0963 e. The van der Waals surface area contributed by atoms with Crippen LogP contribution in [-0.2, 0) is 0 Å². The number of hydrogen-bond acceptors (Lipinski definition) is 3. The van der Waals surface area contributed by atoms with Crippen LogP contribution in [0.3, 0.4) is 0 Å². The third kappa shape index (κ3) is 3.31. The van der Waals surface area contributed by atoms with E-state index in [4.69, 9.17) is 5.73 Å². The van der Waals surface area contributed by atoms with Crippen LogP contribution in [0.15, 0.2) is 36.4 Å². The van der Waals surface area contributed by atoms with E-state index in [1.54, 1.807) is 0 Å². The Kier molecular flexibility index (Phi) is 4.30. The van der Waals surface area contributed by atoms with Gasteiger partial charge >= 0.3 is 0 Å². The van der Waals surface area contributed by atoms with Gasteiger partial charge in [0.05, 0.1) is 6.10 Å². The Balaban J connectivity index is 2.06. The van der Waals surface area contributed by atoms with E-state index in [0.717, 1.165) is 16.8 Å². The van der Waals surface area contributed by atoms with E-state index in [0.29, 0.717) is 12.2 Å². The minimum Gasteiger partial charge on any atom is -0.399 e. The average molecular weight is 270 g/mol. The second kappa shape index (κ2) is 5.97. The molecule has 0 aliphatic rings. The first-order valence-corrected chi connectivity index (χ1v) is 6.82. The summed E-state index contributed by atoms with van der Waals surface area (Å²) in [6, 6.07) is 11.9. The molecule has 0 fully saturated rings. The number of aliphatic hydroxyl groups is 1. The molecule has 1 atom stereocenters. The van der Waals surface area contributed by atoms with Crippen molar-refractivity contribution in [2.75, 3.05) is 17.6 Å². The first-order chi connectivity index (χ1) is 9.47. The summed E-state index contributed by atoms with van der Waals surface area (Å²) in [5.74, 6) is 0. The van der Waals surface area contributed by atoms with Crippen LogP contribution in [0.5, 0.6) is 0 Å². The van der Waals surface area contributed by atoms with E-state index in [1.165, 1.54) is 11.1 Å². The van der Waals surface area contributed by atoms with Gasteiger partial charge in [0, 0.05) is 17.9 Å². The van der Waals surface area contributed by atoms with Crippen LogP contribution in [0, 0.1) is 20.8 Å². The number of nitrogen functional groups attached to an aromatic ring is 1. The van der Waals surface area contributed by atoms with Gasteiger partial charge in [0.15, 0.2) is 0 Å². The summed E-state index contributed by atoms with van der Waals surface area (Å²) in [6.07, 6.45) is -0.571. The van der Waals surface area contributed by atoms with Crippen LogP contribution in [0.4, 0.5) is 11.4 Å². The van der Waals surface area contributed by atoms with Gasteiger partial charge in [-0.2, -0.15) is 0 Å². The van der Waals surface area contributed by atoms with Gasteiger partial charge in [-0.3, -0.25) is 0 Å². The molecule has 4 N–H and O–H groups in total. The van der Waals surface area contributed by atoms with Gasteiger partial charge in [0.2, 0.25) is 0 Å². The quantitative estimate of drug-likeness (QED) is 0.747. The molecule has 0 amide bonds. The minimum atomic E-state index is -0.571. The molecular weight excluding hydrogens is 248 g/mol. The molecule has 2 aromatic rings. The first kappa shape index (κ1) is 14.4. The van der Waals surface area contributed by atoms with E-state index in [1.807, 2.05) is 25.1 Å². The van der Waals surface area contributed by atoms with Crippen molar-refractivity contribution in [1.29, 1.82) is 0 Å². The number of benzene rings is 2. The van der Waals surface area contributed by atoms with Gasteiger partial charge < -0.3 is 16.2 Å². The van der Waals surface area contributed by atoms with Gasteiger partial charge in [-0.15, -0.1) is 0 Å². The van der Waals surface area contributed by atoms with E-state index >= 15 is 0 Å². The molecular formula is C17H22N2O. The zero-order valence-corrected chi connectivity index (χ0v) is 12.3. The van der Waals surface area contributed by atoms with Crippen LogP contribution in [0.1, 0.15) is 28.4 Å². The molecule has 1 unspecified atom stereocenters. The minimum absolute atomic E-state index is 0.465. The van der Waals surface area contributed by atoms with Crippen molar-refractivity contribution in [2.45, 2.75) is 26.9 Å². The summed E-state index contributed by atoms with van der Waals surface area (Å²) in [5.41, 5.74) is 11.9. The summed E-state index contributed by atoms with van der Waals surface area (Å²) >= 11 is 0. The highest BCUT2D eigenvalue weighted by Crippen LogP contribution is 2.21. The fourth-order valence-electron chi connectivity index (χ4n) is 2.12. The Bertz CT molecular complexity index is 608. The van der Waals surface area contributed by atoms with Crippen LogP contribution in [0.2, 0.25) is 0 Å². The normalized spacial score (nSPS) is 12.2. The molecule has 0 radical (unpaired) electrons. The van der Waals surface area contributed by atoms with Gasteiger partial charge in [-0.25, -0.2) is 0 Å². The summed E-state index contributed by atoms with van der Waals surface area (Å²) in [6.45, 7) is 6.53. The van der Waals surface area contributed by atoms with Crippen molar-refractivity contribution in [3.05, 3.63) is 58.7 Å². The maximum absolute atomic E-state index is 10.2. The third-order valence-corrected chi connectivity index (χ3v) is 3.57. The van der Waals surface area contributed by atoms with Gasteiger partial charge in [-0.1, -0.05) is 24.3 Å². The molecule has 0 saturated carbocycles. The SMILES string of the molecule is Cc1ccc(C)c(NCC(O)c2ccc(C)c(N)c2)c1. The van der Waals surface area contributed by atoms with Gasteiger partial charge in [-0.05, 0) is 55.2 Å². The number of nitrogens with two attached hydrogens (primary N) is 1. The largest absolute Gasteiger partial charge is 0.399 e. The van der Waals surface area contributed by atoms with Crippen molar-refractivity contribution >= 4 is 11.4 Å². The van der Waals surface area contributed by atoms with E-state index in [9.17, 15) is 5.11 Å². The predicted molar refractivity (Wildman–Crippen MR) is 85.0 cm³/mol. The van der Waals surface area contributed by atoms with Crippen molar-refractivity contribution in [3.63, 3.8) is 0 Å². The van der Waals surface area contributed by atoms with E-state index < -0.39 is 6.10 Å². The van der Waals surface area contributed by atoms with Gasteiger partial charge in [0.25, 0.3) is 0 Å². The van der Waals surface area contributed by atoms with Crippen molar-refractivity contribution in [2.24, 2.45) is 0 Å². The Morgan fingerprint density at radius 1 is 1.05 bits per heavy atom. The molecule has 0 aliphatic heterocycles. The predicted octanol–water partition coefficient (Wildman–Crippen LogP) is 3.34. The van der Waals surface area contributed by atoms with E-state index in [-0.39, 0.29) is 0 Å². The van der Waals surface area contributed by atoms with Crippen LogP contribution >= 0.6 is 0 Å². The highest BCUT2D eigenvalue weighted by Gasteiger charge is 2.09. The molecule has 0 spiro atoms. The van der Waals surface area contributed by atoms with Crippen LogP contribution < -0.4 is 11.1 Å². The fourth-order valence-corrected chi connectivity index (χ4v) is 2.12. The highest BCUT2D eigenvalue weighted by atomic mass is 16.3. The third-order valence-electron chi connectivity index (χ3n) is 3.57. The molecule has 0 aliphatic carbocycles. The molecule has 3 heteroatoms. The second-order valence-corrected chi connectivity index (χ2v) is 5.33. The molecule has 3 nitrogen and oxygen atoms in total.